The Bertz CT molecular complexity index is 280. The molecule has 0 aliphatic carbocycles. The molecule has 0 bridgehead atoms. The molecular weight excluding hydrogens is 449 g/mol. The molecule has 0 amide bonds. The standard InChI is InChI=1S/C24H54GeO2Si2/c1-7-13-19-28(20-14-8-2,21-15-9-3)26-25-27-29(22-16-10-4,23-17-11-5)24-18-12-6/h7-24H2,1-6H3. The van der Waals surface area contributed by atoms with E-state index in [-0.39, 0.29) is 0 Å². The van der Waals surface area contributed by atoms with Crippen molar-refractivity contribution in [1.29, 1.82) is 0 Å². The molecule has 0 spiro atoms. The molecule has 0 rings (SSSR count). The van der Waals surface area contributed by atoms with Crippen molar-refractivity contribution in [3.8, 4) is 0 Å². The van der Waals surface area contributed by atoms with Crippen molar-refractivity contribution >= 4 is 32.7 Å². The summed E-state index contributed by atoms with van der Waals surface area (Å²) in [7, 11) is -3.20. The average Bonchev–Trinajstić information content (AvgIpc) is 2.75. The van der Waals surface area contributed by atoms with E-state index in [1.54, 1.807) is 0 Å². The van der Waals surface area contributed by atoms with Gasteiger partial charge in [0, 0.05) is 0 Å². The van der Waals surface area contributed by atoms with Gasteiger partial charge in [-0.3, -0.25) is 0 Å². The van der Waals surface area contributed by atoms with Crippen LogP contribution in [0.15, 0.2) is 0 Å². The predicted octanol–water partition coefficient (Wildman–Crippen LogP) is 9.25. The monoisotopic (exact) mass is 504 g/mol. The Balaban J connectivity index is 5.21. The van der Waals surface area contributed by atoms with E-state index >= 15 is 0 Å². The first-order valence-electron chi connectivity index (χ1n) is 13.2. The molecular formula is C24H54GeO2Si2. The van der Waals surface area contributed by atoms with Gasteiger partial charge in [-0.2, -0.15) is 0 Å². The molecule has 0 aromatic carbocycles. The van der Waals surface area contributed by atoms with Crippen LogP contribution in [0.3, 0.4) is 0 Å². The molecule has 0 atom stereocenters. The van der Waals surface area contributed by atoms with Gasteiger partial charge in [-0.1, -0.05) is 0 Å². The molecule has 0 aromatic rings. The van der Waals surface area contributed by atoms with E-state index in [4.69, 9.17) is 6.91 Å². The van der Waals surface area contributed by atoms with E-state index in [0.29, 0.717) is 0 Å². The van der Waals surface area contributed by atoms with Crippen molar-refractivity contribution in [2.75, 3.05) is 0 Å². The maximum absolute atomic E-state index is 7.01. The maximum atomic E-state index is 7.01. The van der Waals surface area contributed by atoms with Crippen molar-refractivity contribution in [3.05, 3.63) is 0 Å². The summed E-state index contributed by atoms with van der Waals surface area (Å²) in [6.45, 7) is 14.0. The van der Waals surface area contributed by atoms with Crippen LogP contribution in [0.25, 0.3) is 0 Å². The van der Waals surface area contributed by atoms with Gasteiger partial charge in [-0.15, -0.1) is 0 Å². The topological polar surface area (TPSA) is 18.5 Å². The van der Waals surface area contributed by atoms with Gasteiger partial charge >= 0.3 is 195 Å². The quantitative estimate of drug-likeness (QED) is 0.137. The van der Waals surface area contributed by atoms with Crippen LogP contribution in [0, 0.1) is 0 Å². The summed E-state index contributed by atoms with van der Waals surface area (Å²) in [5, 5.41) is 0. The van der Waals surface area contributed by atoms with Crippen LogP contribution < -0.4 is 0 Å². The summed E-state index contributed by atoms with van der Waals surface area (Å²) in [5.74, 6) is 0. The molecule has 5 heteroatoms. The Hall–Kier alpha value is 0.897. The van der Waals surface area contributed by atoms with Gasteiger partial charge in [-0.25, -0.2) is 0 Å². The predicted molar refractivity (Wildman–Crippen MR) is 138 cm³/mol. The average molecular weight is 503 g/mol. The third-order valence-electron chi connectivity index (χ3n) is 6.43. The van der Waals surface area contributed by atoms with E-state index in [2.05, 4.69) is 41.5 Å². The summed E-state index contributed by atoms with van der Waals surface area (Å²) >= 11 is -0.695. The fraction of sp³-hybridized carbons (Fsp3) is 1.00. The molecule has 174 valence electrons. The van der Waals surface area contributed by atoms with Crippen LogP contribution in [0.1, 0.15) is 119 Å². The Kier molecular flexibility index (Phi) is 20.2. The second-order valence-electron chi connectivity index (χ2n) is 9.27. The third kappa shape index (κ3) is 13.8. The fourth-order valence-corrected chi connectivity index (χ4v) is 19.7. The molecule has 0 saturated heterocycles. The molecule has 0 heterocycles. The van der Waals surface area contributed by atoms with Crippen LogP contribution in [-0.4, -0.2) is 32.7 Å². The van der Waals surface area contributed by atoms with Crippen molar-refractivity contribution in [3.63, 3.8) is 0 Å². The number of rotatable bonds is 22. The second kappa shape index (κ2) is 19.6. The van der Waals surface area contributed by atoms with Gasteiger partial charge in [-0.05, 0) is 0 Å². The van der Waals surface area contributed by atoms with E-state index in [1.807, 2.05) is 0 Å². The van der Waals surface area contributed by atoms with E-state index in [9.17, 15) is 0 Å². The van der Waals surface area contributed by atoms with Gasteiger partial charge in [0.1, 0.15) is 0 Å². The molecule has 2 radical (unpaired) electrons. The van der Waals surface area contributed by atoms with Gasteiger partial charge in [0.05, 0.1) is 0 Å². The molecule has 2 nitrogen and oxygen atoms in total. The van der Waals surface area contributed by atoms with E-state index < -0.39 is 32.7 Å². The molecule has 0 saturated carbocycles. The first kappa shape index (κ1) is 29.9. The van der Waals surface area contributed by atoms with E-state index in [1.165, 1.54) is 113 Å². The molecule has 0 aliphatic rings. The molecule has 29 heavy (non-hydrogen) atoms. The summed E-state index contributed by atoms with van der Waals surface area (Å²) in [6.07, 6.45) is 16.0. The third-order valence-corrected chi connectivity index (χ3v) is 21.6. The zero-order valence-electron chi connectivity index (χ0n) is 21.0. The van der Waals surface area contributed by atoms with Crippen LogP contribution in [0.4, 0.5) is 0 Å². The van der Waals surface area contributed by atoms with Crippen LogP contribution >= 0.6 is 0 Å². The minimum absolute atomic E-state index is 0.695. The minimum atomic E-state index is -1.60. The number of unbranched alkanes of at least 4 members (excludes halogenated alkanes) is 6. The molecule has 0 N–H and O–H groups in total. The first-order valence-corrected chi connectivity index (χ1v) is 20.0. The van der Waals surface area contributed by atoms with Crippen LogP contribution in [0.2, 0.25) is 36.3 Å². The molecule has 0 unspecified atom stereocenters. The van der Waals surface area contributed by atoms with Crippen molar-refractivity contribution in [2.45, 2.75) is 155 Å². The van der Waals surface area contributed by atoms with Crippen molar-refractivity contribution < 1.29 is 6.91 Å². The first-order chi connectivity index (χ1) is 14.1. The Morgan fingerprint density at radius 2 is 0.621 bits per heavy atom. The zero-order chi connectivity index (χ0) is 21.8. The Morgan fingerprint density at radius 1 is 0.414 bits per heavy atom. The Morgan fingerprint density at radius 3 is 0.793 bits per heavy atom. The summed E-state index contributed by atoms with van der Waals surface area (Å²) in [6, 6.07) is 8.27. The van der Waals surface area contributed by atoms with E-state index in [0.717, 1.165) is 0 Å². The number of hydrogen-bond donors (Lipinski definition) is 0. The molecule has 0 fully saturated rings. The number of hydrogen-bond acceptors (Lipinski definition) is 2. The fourth-order valence-electron chi connectivity index (χ4n) is 4.25. The van der Waals surface area contributed by atoms with Crippen LogP contribution in [0.5, 0.6) is 0 Å². The second-order valence-corrected chi connectivity index (χ2v) is 20.3. The summed E-state index contributed by atoms with van der Waals surface area (Å²) < 4.78 is 14.0. The van der Waals surface area contributed by atoms with Crippen molar-refractivity contribution in [1.82, 2.24) is 0 Å². The molecule has 0 aromatic heterocycles. The molecule has 0 aliphatic heterocycles. The summed E-state index contributed by atoms with van der Waals surface area (Å²) in [4.78, 5) is 0. The van der Waals surface area contributed by atoms with Gasteiger partial charge in [0.2, 0.25) is 0 Å². The van der Waals surface area contributed by atoms with Gasteiger partial charge < -0.3 is 0 Å². The normalized spacial score (nSPS) is 12.6. The van der Waals surface area contributed by atoms with Crippen molar-refractivity contribution in [2.24, 2.45) is 0 Å². The van der Waals surface area contributed by atoms with Crippen LogP contribution in [-0.2, 0) is 6.91 Å². The van der Waals surface area contributed by atoms with Gasteiger partial charge in [0.25, 0.3) is 0 Å². The zero-order valence-corrected chi connectivity index (χ0v) is 25.1. The van der Waals surface area contributed by atoms with Gasteiger partial charge in [0.15, 0.2) is 0 Å². The summed E-state index contributed by atoms with van der Waals surface area (Å²) in [5.41, 5.74) is 0. The SMILES string of the molecule is CCCC[Si](CCCC)(CCCC)[O][Ge][O][Si](CCCC)(CCCC)CCCC. The Labute approximate surface area is 194 Å².